The SMILES string of the molecule is [C-]#[N+]C1=CN(c2ccccc2)CN1CCN1CN(c2ccccc2)C=C1C#N. The fourth-order valence-corrected chi connectivity index (χ4v) is 3.42. The summed E-state index contributed by atoms with van der Waals surface area (Å²) in [5.74, 6) is 0.630. The standard InChI is InChI=1S/C22H20N6/c1-24-22-16-28(20-10-6-3-7-11-20)18-26(22)13-12-25-17-27(15-21(25)14-23)19-8-4-2-5-9-19/h2-11,15-16H,12-13,17-18H2. The lowest BCUT2D eigenvalue weighted by Crippen LogP contribution is -2.36. The summed E-state index contributed by atoms with van der Waals surface area (Å²) in [6.45, 7) is 10.1. The molecule has 28 heavy (non-hydrogen) atoms. The van der Waals surface area contributed by atoms with Crippen LogP contribution >= 0.6 is 0 Å². The van der Waals surface area contributed by atoms with Crippen LogP contribution in [0.1, 0.15) is 0 Å². The van der Waals surface area contributed by atoms with Crippen LogP contribution in [-0.2, 0) is 0 Å². The summed E-state index contributed by atoms with van der Waals surface area (Å²) in [4.78, 5) is 11.9. The van der Waals surface area contributed by atoms with Crippen LogP contribution in [0, 0.1) is 17.9 Å². The smallest absolute Gasteiger partial charge is 0.243 e. The van der Waals surface area contributed by atoms with Crippen LogP contribution in [0.5, 0.6) is 0 Å². The van der Waals surface area contributed by atoms with Gasteiger partial charge in [-0.1, -0.05) is 43.0 Å². The molecule has 0 saturated heterocycles. The molecular weight excluding hydrogens is 348 g/mol. The molecule has 0 amide bonds. The Morgan fingerprint density at radius 3 is 1.93 bits per heavy atom. The van der Waals surface area contributed by atoms with Crippen LogP contribution in [0.3, 0.4) is 0 Å². The zero-order valence-corrected chi connectivity index (χ0v) is 15.4. The quantitative estimate of drug-likeness (QED) is 0.754. The van der Waals surface area contributed by atoms with Gasteiger partial charge in [0.15, 0.2) is 0 Å². The lowest BCUT2D eigenvalue weighted by Gasteiger charge is -2.25. The van der Waals surface area contributed by atoms with Crippen LogP contribution in [0.15, 0.2) is 84.6 Å². The van der Waals surface area contributed by atoms with Crippen molar-refractivity contribution in [1.82, 2.24) is 9.80 Å². The molecule has 2 aliphatic heterocycles. The molecule has 0 aromatic heterocycles. The van der Waals surface area contributed by atoms with E-state index in [2.05, 4.69) is 30.5 Å². The van der Waals surface area contributed by atoms with E-state index in [1.807, 2.05) is 73.1 Å². The van der Waals surface area contributed by atoms with Crippen molar-refractivity contribution in [1.29, 1.82) is 5.26 Å². The highest BCUT2D eigenvalue weighted by Gasteiger charge is 2.27. The minimum Gasteiger partial charge on any atom is -0.363 e. The second-order valence-electron chi connectivity index (χ2n) is 6.65. The molecule has 4 rings (SSSR count). The fourth-order valence-electron chi connectivity index (χ4n) is 3.42. The van der Waals surface area contributed by atoms with Crippen molar-refractivity contribution in [2.75, 3.05) is 36.2 Å². The lowest BCUT2D eigenvalue weighted by molar-refractivity contribution is 0.304. The number of rotatable bonds is 5. The van der Waals surface area contributed by atoms with Crippen LogP contribution in [0.25, 0.3) is 4.85 Å². The minimum absolute atomic E-state index is 0.630. The van der Waals surface area contributed by atoms with E-state index in [1.165, 1.54) is 0 Å². The van der Waals surface area contributed by atoms with Gasteiger partial charge in [-0.3, -0.25) is 0 Å². The van der Waals surface area contributed by atoms with Crippen molar-refractivity contribution in [2.45, 2.75) is 0 Å². The van der Waals surface area contributed by atoms with Crippen molar-refractivity contribution < 1.29 is 0 Å². The number of nitrogens with zero attached hydrogens (tertiary/aromatic N) is 6. The molecule has 6 nitrogen and oxygen atoms in total. The number of hydrogen-bond donors (Lipinski definition) is 0. The topological polar surface area (TPSA) is 41.1 Å². The summed E-state index contributed by atoms with van der Waals surface area (Å²) in [6.07, 6.45) is 3.78. The molecule has 2 aliphatic rings. The molecule has 0 spiro atoms. The molecule has 0 radical (unpaired) electrons. The molecule has 0 fully saturated rings. The van der Waals surface area contributed by atoms with Gasteiger partial charge in [0.25, 0.3) is 0 Å². The predicted octanol–water partition coefficient (Wildman–Crippen LogP) is 3.63. The van der Waals surface area contributed by atoms with Gasteiger partial charge < -0.3 is 24.4 Å². The van der Waals surface area contributed by atoms with Crippen LogP contribution < -0.4 is 9.80 Å². The average Bonchev–Trinajstić information content (AvgIpc) is 3.37. The predicted molar refractivity (Wildman–Crippen MR) is 109 cm³/mol. The maximum atomic E-state index is 9.51. The maximum absolute atomic E-state index is 9.51. The van der Waals surface area contributed by atoms with E-state index in [-0.39, 0.29) is 0 Å². The zero-order valence-electron chi connectivity index (χ0n) is 15.4. The van der Waals surface area contributed by atoms with Gasteiger partial charge in [-0.05, 0) is 24.3 Å². The molecule has 6 heteroatoms. The van der Waals surface area contributed by atoms with Crippen molar-refractivity contribution in [3.8, 4) is 6.07 Å². The Hall–Kier alpha value is -3.90. The highest BCUT2D eigenvalue weighted by atomic mass is 15.4. The van der Waals surface area contributed by atoms with Gasteiger partial charge in [-0.15, -0.1) is 0 Å². The Labute approximate surface area is 165 Å². The van der Waals surface area contributed by atoms with Gasteiger partial charge in [0.05, 0.1) is 19.8 Å². The molecule has 0 unspecified atom stereocenters. The summed E-state index contributed by atoms with van der Waals surface area (Å²) in [5.41, 5.74) is 2.78. The molecule has 0 saturated carbocycles. The first-order valence-corrected chi connectivity index (χ1v) is 9.13. The molecule has 0 bridgehead atoms. The van der Waals surface area contributed by atoms with E-state index in [1.54, 1.807) is 0 Å². The Morgan fingerprint density at radius 1 is 0.821 bits per heavy atom. The average molecular weight is 368 g/mol. The molecule has 2 aromatic rings. The van der Waals surface area contributed by atoms with Gasteiger partial charge in [0.2, 0.25) is 5.82 Å². The number of para-hydroxylation sites is 2. The van der Waals surface area contributed by atoms with E-state index in [9.17, 15) is 5.26 Å². The highest BCUT2D eigenvalue weighted by Crippen LogP contribution is 2.26. The van der Waals surface area contributed by atoms with E-state index in [0.717, 1.165) is 11.4 Å². The zero-order chi connectivity index (χ0) is 19.3. The van der Waals surface area contributed by atoms with Crippen molar-refractivity contribution in [2.24, 2.45) is 0 Å². The van der Waals surface area contributed by atoms with E-state index >= 15 is 0 Å². The molecule has 138 valence electrons. The largest absolute Gasteiger partial charge is 0.363 e. The molecule has 0 atom stereocenters. The summed E-state index contributed by atoms with van der Waals surface area (Å²) < 4.78 is 0. The maximum Gasteiger partial charge on any atom is 0.243 e. The van der Waals surface area contributed by atoms with Gasteiger partial charge >= 0.3 is 0 Å². The second kappa shape index (κ2) is 7.77. The van der Waals surface area contributed by atoms with Gasteiger partial charge in [0.1, 0.15) is 18.4 Å². The van der Waals surface area contributed by atoms with Crippen molar-refractivity contribution in [3.05, 3.63) is 96.0 Å². The van der Waals surface area contributed by atoms with Gasteiger partial charge in [-0.2, -0.15) is 5.26 Å². The number of allylic oxidation sites excluding steroid dienone is 1. The first-order valence-electron chi connectivity index (χ1n) is 9.13. The van der Waals surface area contributed by atoms with Crippen LogP contribution in [0.2, 0.25) is 0 Å². The third-order valence-corrected chi connectivity index (χ3v) is 4.90. The molecule has 2 heterocycles. The Kier molecular flexibility index (Phi) is 4.86. The number of nitriles is 1. The lowest BCUT2D eigenvalue weighted by atomic mass is 10.3. The summed E-state index contributed by atoms with van der Waals surface area (Å²) in [7, 11) is 0. The third kappa shape index (κ3) is 3.49. The summed E-state index contributed by atoms with van der Waals surface area (Å²) >= 11 is 0. The Balaban J connectivity index is 1.41. The normalized spacial score (nSPS) is 15.9. The molecule has 0 aliphatic carbocycles. The minimum atomic E-state index is 0.630. The van der Waals surface area contributed by atoms with E-state index in [4.69, 9.17) is 6.57 Å². The first kappa shape index (κ1) is 17.5. The monoisotopic (exact) mass is 368 g/mol. The number of hydrogen-bond acceptors (Lipinski definition) is 5. The van der Waals surface area contributed by atoms with E-state index < -0.39 is 0 Å². The van der Waals surface area contributed by atoms with E-state index in [0.29, 0.717) is 37.9 Å². The van der Waals surface area contributed by atoms with Gasteiger partial charge in [-0.25, -0.2) is 0 Å². The fraction of sp³-hybridized carbons (Fsp3) is 0.182. The molecule has 2 aromatic carbocycles. The van der Waals surface area contributed by atoms with Crippen LogP contribution in [0.4, 0.5) is 11.4 Å². The second-order valence-corrected chi connectivity index (χ2v) is 6.65. The molecule has 0 N–H and O–H groups in total. The summed E-state index contributed by atoms with van der Waals surface area (Å²) in [5, 5.41) is 9.51. The number of anilines is 2. The summed E-state index contributed by atoms with van der Waals surface area (Å²) in [6, 6.07) is 22.4. The van der Waals surface area contributed by atoms with Crippen molar-refractivity contribution in [3.63, 3.8) is 0 Å². The Morgan fingerprint density at radius 2 is 1.36 bits per heavy atom. The Bertz CT molecular complexity index is 886. The molecular formula is C22H20N6. The first-order chi connectivity index (χ1) is 13.8. The van der Waals surface area contributed by atoms with Gasteiger partial charge in [0, 0.05) is 23.8 Å². The highest BCUT2D eigenvalue weighted by molar-refractivity contribution is 5.53. The van der Waals surface area contributed by atoms with Crippen molar-refractivity contribution >= 4 is 11.4 Å². The number of benzene rings is 2. The van der Waals surface area contributed by atoms with Crippen LogP contribution in [-0.4, -0.2) is 36.2 Å². The third-order valence-electron chi connectivity index (χ3n) is 4.90.